The summed E-state index contributed by atoms with van der Waals surface area (Å²) in [6.45, 7) is 4.21. The summed E-state index contributed by atoms with van der Waals surface area (Å²) >= 11 is 0. The van der Waals surface area contributed by atoms with Gasteiger partial charge in [0.05, 0.1) is 5.71 Å². The molecule has 1 aliphatic carbocycles. The van der Waals surface area contributed by atoms with E-state index >= 15 is 0 Å². The number of benzene rings is 4. The molecule has 4 aromatic carbocycles. The average molecular weight is 497 g/mol. The largest absolute Gasteiger partial charge is 0.380 e. The first-order chi connectivity index (χ1) is 18.5. The lowest BCUT2D eigenvalue weighted by Crippen LogP contribution is -2.25. The second-order valence-electron chi connectivity index (χ2n) is 9.78. The third-order valence-electron chi connectivity index (χ3n) is 7.30. The topological polar surface area (TPSA) is 70.4 Å². The molecule has 38 heavy (non-hydrogen) atoms. The summed E-state index contributed by atoms with van der Waals surface area (Å²) in [6.07, 6.45) is 2.31. The molecule has 5 heteroatoms. The van der Waals surface area contributed by atoms with Crippen LogP contribution in [0.25, 0.3) is 27.6 Å². The minimum atomic E-state index is -1.18. The molecule has 1 heterocycles. The van der Waals surface area contributed by atoms with Crippen LogP contribution in [0.5, 0.6) is 0 Å². The number of anilines is 1. The SMILES string of the molecule is Cc1ccc(-c2nnc(N/N=C3/C=C(c4ccccc4)C(O)(c4ccccc4)C3)c3ccccc23)cc1C. The fourth-order valence-electron chi connectivity index (χ4n) is 5.09. The highest BCUT2D eigenvalue weighted by Gasteiger charge is 2.40. The molecule has 6 rings (SSSR count). The minimum Gasteiger partial charge on any atom is -0.380 e. The highest BCUT2D eigenvalue weighted by Crippen LogP contribution is 2.44. The number of aliphatic hydroxyl groups is 1. The van der Waals surface area contributed by atoms with Gasteiger partial charge in [0.15, 0.2) is 5.82 Å². The summed E-state index contributed by atoms with van der Waals surface area (Å²) in [7, 11) is 0. The smallest absolute Gasteiger partial charge is 0.176 e. The molecular formula is C33H28N4O. The molecule has 0 saturated carbocycles. The number of hydrogen-bond acceptors (Lipinski definition) is 5. The molecule has 0 saturated heterocycles. The standard InChI is InChI=1S/C33H28N4O/c1-22-17-18-25(19-23(22)2)31-28-15-9-10-16-29(28)32(37-35-31)36-34-27-20-30(24-11-5-3-6-12-24)33(38,21-27)26-13-7-4-8-14-26/h3-20,38H,21H2,1-2H3,(H,36,37)/b34-27-. The van der Waals surface area contributed by atoms with Crippen molar-refractivity contribution in [2.24, 2.45) is 5.10 Å². The average Bonchev–Trinajstić information content (AvgIpc) is 3.31. The van der Waals surface area contributed by atoms with Crippen molar-refractivity contribution < 1.29 is 5.11 Å². The van der Waals surface area contributed by atoms with Crippen molar-refractivity contribution in [1.29, 1.82) is 0 Å². The molecule has 0 spiro atoms. The van der Waals surface area contributed by atoms with Crippen molar-refractivity contribution in [1.82, 2.24) is 10.2 Å². The van der Waals surface area contributed by atoms with Gasteiger partial charge in [-0.15, -0.1) is 10.2 Å². The molecule has 1 aliphatic rings. The summed E-state index contributed by atoms with van der Waals surface area (Å²) in [4.78, 5) is 0. The second-order valence-corrected chi connectivity index (χ2v) is 9.78. The van der Waals surface area contributed by atoms with E-state index in [1.165, 1.54) is 11.1 Å². The van der Waals surface area contributed by atoms with Crippen LogP contribution in [0.3, 0.4) is 0 Å². The number of aromatic nitrogens is 2. The van der Waals surface area contributed by atoms with Gasteiger partial charge in [-0.3, -0.25) is 5.43 Å². The normalized spacial score (nSPS) is 18.1. The Labute approximate surface area is 222 Å². The Morgan fingerprint density at radius 2 is 1.42 bits per heavy atom. The second kappa shape index (κ2) is 9.69. The molecule has 0 bridgehead atoms. The first-order valence-electron chi connectivity index (χ1n) is 12.7. The Morgan fingerprint density at radius 1 is 0.737 bits per heavy atom. The van der Waals surface area contributed by atoms with Gasteiger partial charge in [-0.2, -0.15) is 5.10 Å². The van der Waals surface area contributed by atoms with Gasteiger partial charge in [0.2, 0.25) is 0 Å². The molecule has 1 aromatic heterocycles. The molecule has 0 fully saturated rings. The first-order valence-corrected chi connectivity index (χ1v) is 12.7. The summed E-state index contributed by atoms with van der Waals surface area (Å²) in [5.41, 5.74) is 9.67. The van der Waals surface area contributed by atoms with Gasteiger partial charge in [-0.25, -0.2) is 0 Å². The summed E-state index contributed by atoms with van der Waals surface area (Å²) in [6, 6.07) is 34.2. The molecule has 186 valence electrons. The molecule has 2 N–H and O–H groups in total. The predicted octanol–water partition coefficient (Wildman–Crippen LogP) is 7.06. The number of nitrogens with zero attached hydrogens (tertiary/aromatic N) is 3. The van der Waals surface area contributed by atoms with Crippen LogP contribution < -0.4 is 5.43 Å². The summed E-state index contributed by atoms with van der Waals surface area (Å²) in [5.74, 6) is 0.575. The fourth-order valence-corrected chi connectivity index (χ4v) is 5.09. The number of nitrogens with one attached hydrogen (secondary N) is 1. The summed E-state index contributed by atoms with van der Waals surface area (Å²) < 4.78 is 0. The Kier molecular flexibility index (Phi) is 6.06. The van der Waals surface area contributed by atoms with Crippen molar-refractivity contribution in [3.63, 3.8) is 0 Å². The molecule has 1 atom stereocenters. The highest BCUT2D eigenvalue weighted by atomic mass is 16.3. The molecule has 0 radical (unpaired) electrons. The number of fused-ring (bicyclic) bond motifs is 1. The predicted molar refractivity (Wildman–Crippen MR) is 155 cm³/mol. The van der Waals surface area contributed by atoms with E-state index in [9.17, 15) is 5.11 Å². The van der Waals surface area contributed by atoms with Crippen molar-refractivity contribution in [2.45, 2.75) is 25.9 Å². The van der Waals surface area contributed by atoms with Crippen LogP contribution in [-0.4, -0.2) is 21.0 Å². The van der Waals surface area contributed by atoms with E-state index in [-0.39, 0.29) is 0 Å². The van der Waals surface area contributed by atoms with Gasteiger partial charge in [0.1, 0.15) is 11.3 Å². The van der Waals surface area contributed by atoms with Gasteiger partial charge >= 0.3 is 0 Å². The zero-order valence-corrected chi connectivity index (χ0v) is 21.4. The lowest BCUT2D eigenvalue weighted by atomic mass is 9.84. The van der Waals surface area contributed by atoms with Gasteiger partial charge in [0, 0.05) is 22.8 Å². The molecule has 5 nitrogen and oxygen atoms in total. The van der Waals surface area contributed by atoms with Gasteiger partial charge < -0.3 is 5.11 Å². The van der Waals surface area contributed by atoms with Crippen LogP contribution in [0, 0.1) is 13.8 Å². The van der Waals surface area contributed by atoms with E-state index in [1.807, 2.05) is 84.9 Å². The van der Waals surface area contributed by atoms with Crippen LogP contribution >= 0.6 is 0 Å². The molecule has 0 amide bonds. The minimum absolute atomic E-state index is 0.348. The monoisotopic (exact) mass is 496 g/mol. The van der Waals surface area contributed by atoms with Crippen molar-refractivity contribution >= 4 is 27.9 Å². The third-order valence-corrected chi connectivity index (χ3v) is 7.30. The third kappa shape index (κ3) is 4.27. The van der Waals surface area contributed by atoms with Gasteiger partial charge in [-0.05, 0) is 53.8 Å². The summed E-state index contributed by atoms with van der Waals surface area (Å²) in [5, 5.41) is 27.6. The zero-order chi connectivity index (χ0) is 26.1. The molecule has 1 unspecified atom stereocenters. The Bertz CT molecular complexity index is 1690. The van der Waals surface area contributed by atoms with Crippen LogP contribution in [0.4, 0.5) is 5.82 Å². The van der Waals surface area contributed by atoms with Crippen molar-refractivity contribution in [3.05, 3.63) is 131 Å². The van der Waals surface area contributed by atoms with Gasteiger partial charge in [0.25, 0.3) is 0 Å². The van der Waals surface area contributed by atoms with Crippen LogP contribution in [0.15, 0.2) is 114 Å². The Morgan fingerprint density at radius 3 is 2.16 bits per heavy atom. The van der Waals surface area contributed by atoms with Crippen LogP contribution in [0.2, 0.25) is 0 Å². The zero-order valence-electron chi connectivity index (χ0n) is 21.4. The lowest BCUT2D eigenvalue weighted by Gasteiger charge is -2.27. The highest BCUT2D eigenvalue weighted by molar-refractivity contribution is 6.09. The van der Waals surface area contributed by atoms with Crippen molar-refractivity contribution in [2.75, 3.05) is 5.43 Å². The van der Waals surface area contributed by atoms with E-state index < -0.39 is 5.60 Å². The molecule has 5 aromatic rings. The van der Waals surface area contributed by atoms with Crippen LogP contribution in [-0.2, 0) is 5.60 Å². The molecule has 0 aliphatic heterocycles. The number of rotatable bonds is 5. The molecular weight excluding hydrogens is 468 g/mol. The van der Waals surface area contributed by atoms with Crippen LogP contribution in [0.1, 0.15) is 28.7 Å². The number of hydrazone groups is 1. The Balaban J connectivity index is 1.38. The van der Waals surface area contributed by atoms with E-state index in [0.717, 1.165) is 44.4 Å². The first kappa shape index (κ1) is 23.8. The van der Waals surface area contributed by atoms with E-state index in [0.29, 0.717) is 12.2 Å². The maximum Gasteiger partial charge on any atom is 0.176 e. The maximum absolute atomic E-state index is 11.9. The van der Waals surface area contributed by atoms with Gasteiger partial charge in [-0.1, -0.05) is 97.1 Å². The number of aryl methyl sites for hydroxylation is 2. The lowest BCUT2D eigenvalue weighted by molar-refractivity contribution is 0.113. The fraction of sp³-hybridized carbons (Fsp3) is 0.121. The van der Waals surface area contributed by atoms with E-state index in [1.54, 1.807) is 0 Å². The number of allylic oxidation sites excluding steroid dienone is 1. The maximum atomic E-state index is 11.9. The van der Waals surface area contributed by atoms with E-state index in [2.05, 4.69) is 53.7 Å². The Hall–Kier alpha value is -4.61. The van der Waals surface area contributed by atoms with Crippen molar-refractivity contribution in [3.8, 4) is 11.3 Å². The van der Waals surface area contributed by atoms with E-state index in [4.69, 9.17) is 5.10 Å². The number of hydrogen-bond donors (Lipinski definition) is 2. The quantitative estimate of drug-likeness (QED) is 0.256.